The van der Waals surface area contributed by atoms with E-state index in [1.807, 2.05) is 0 Å². The van der Waals surface area contributed by atoms with Gasteiger partial charge in [-0.05, 0) is 12.1 Å². The molecule has 0 fully saturated rings. The molecule has 1 aromatic carbocycles. The summed E-state index contributed by atoms with van der Waals surface area (Å²) in [6.45, 7) is 0. The standard InChI is InChI=1S/C9H7ClFN3/c10-6-4-13-14(5-6)8-3-1-2-7(11)9(8)12/h1-5H,12H2. The molecule has 72 valence electrons. The summed E-state index contributed by atoms with van der Waals surface area (Å²) in [6.07, 6.45) is 3.03. The number of nitrogen functional groups attached to an aromatic ring is 1. The number of para-hydroxylation sites is 1. The van der Waals surface area contributed by atoms with Gasteiger partial charge in [-0.3, -0.25) is 0 Å². The first-order chi connectivity index (χ1) is 6.68. The largest absolute Gasteiger partial charge is 0.395 e. The fourth-order valence-electron chi connectivity index (χ4n) is 1.16. The van der Waals surface area contributed by atoms with Crippen LogP contribution in [-0.2, 0) is 0 Å². The maximum Gasteiger partial charge on any atom is 0.148 e. The molecule has 0 spiro atoms. The van der Waals surface area contributed by atoms with E-state index in [1.165, 1.54) is 16.9 Å². The topological polar surface area (TPSA) is 43.8 Å². The Morgan fingerprint density at radius 3 is 2.86 bits per heavy atom. The van der Waals surface area contributed by atoms with Crippen LogP contribution in [0.2, 0.25) is 5.02 Å². The zero-order valence-corrected chi connectivity index (χ0v) is 7.87. The molecule has 0 bridgehead atoms. The molecule has 0 unspecified atom stereocenters. The minimum atomic E-state index is -0.464. The van der Waals surface area contributed by atoms with Gasteiger partial charge in [0.15, 0.2) is 0 Å². The van der Waals surface area contributed by atoms with E-state index >= 15 is 0 Å². The Morgan fingerprint density at radius 2 is 2.21 bits per heavy atom. The third-order valence-corrected chi connectivity index (χ3v) is 2.02. The molecule has 1 heterocycles. The normalized spacial score (nSPS) is 10.4. The molecule has 0 aliphatic heterocycles. The monoisotopic (exact) mass is 211 g/mol. The van der Waals surface area contributed by atoms with Gasteiger partial charge in [0.25, 0.3) is 0 Å². The van der Waals surface area contributed by atoms with E-state index < -0.39 is 5.82 Å². The number of nitrogens with zero attached hydrogens (tertiary/aromatic N) is 2. The molecule has 0 aliphatic carbocycles. The molecule has 1 aromatic heterocycles. The maximum atomic E-state index is 13.1. The smallest absolute Gasteiger partial charge is 0.148 e. The maximum absolute atomic E-state index is 13.1. The van der Waals surface area contributed by atoms with Crippen LogP contribution < -0.4 is 5.73 Å². The lowest BCUT2D eigenvalue weighted by atomic mass is 10.2. The van der Waals surface area contributed by atoms with Crippen molar-refractivity contribution in [3.8, 4) is 5.69 Å². The van der Waals surface area contributed by atoms with Gasteiger partial charge in [-0.15, -0.1) is 0 Å². The molecule has 2 aromatic rings. The number of hydrogen-bond donors (Lipinski definition) is 1. The Hall–Kier alpha value is -1.55. The van der Waals surface area contributed by atoms with Gasteiger partial charge in [-0.1, -0.05) is 17.7 Å². The van der Waals surface area contributed by atoms with Crippen LogP contribution in [0.25, 0.3) is 5.69 Å². The SMILES string of the molecule is Nc1c(F)cccc1-n1cc(Cl)cn1. The van der Waals surface area contributed by atoms with Crippen molar-refractivity contribution < 1.29 is 4.39 Å². The summed E-state index contributed by atoms with van der Waals surface area (Å²) >= 11 is 5.68. The highest BCUT2D eigenvalue weighted by Crippen LogP contribution is 2.20. The van der Waals surface area contributed by atoms with E-state index in [4.69, 9.17) is 17.3 Å². The second kappa shape index (κ2) is 3.31. The zero-order chi connectivity index (χ0) is 10.1. The summed E-state index contributed by atoms with van der Waals surface area (Å²) in [5, 5.41) is 4.41. The third-order valence-electron chi connectivity index (χ3n) is 1.83. The Kier molecular flexibility index (Phi) is 2.13. The van der Waals surface area contributed by atoms with E-state index in [1.54, 1.807) is 18.3 Å². The highest BCUT2D eigenvalue weighted by molar-refractivity contribution is 6.30. The van der Waals surface area contributed by atoms with Crippen LogP contribution in [0.1, 0.15) is 0 Å². The van der Waals surface area contributed by atoms with Gasteiger partial charge in [0.1, 0.15) is 5.82 Å². The Bertz CT molecular complexity index is 467. The minimum Gasteiger partial charge on any atom is -0.395 e. The van der Waals surface area contributed by atoms with Crippen LogP contribution in [0.15, 0.2) is 30.6 Å². The molecule has 0 atom stereocenters. The fourth-order valence-corrected chi connectivity index (χ4v) is 1.29. The molecular weight excluding hydrogens is 205 g/mol. The van der Waals surface area contributed by atoms with Crippen LogP contribution in [-0.4, -0.2) is 9.78 Å². The Balaban J connectivity index is 2.57. The number of rotatable bonds is 1. The first-order valence-corrected chi connectivity index (χ1v) is 4.31. The number of halogens is 2. The molecule has 0 saturated carbocycles. The average molecular weight is 212 g/mol. The van der Waals surface area contributed by atoms with Crippen LogP contribution >= 0.6 is 11.6 Å². The lowest BCUT2D eigenvalue weighted by Gasteiger charge is -2.05. The van der Waals surface area contributed by atoms with E-state index in [2.05, 4.69) is 5.10 Å². The number of aromatic nitrogens is 2. The van der Waals surface area contributed by atoms with E-state index in [0.717, 1.165) is 0 Å². The second-order valence-electron chi connectivity index (χ2n) is 2.78. The molecule has 0 amide bonds. The summed E-state index contributed by atoms with van der Waals surface area (Å²) < 4.78 is 14.5. The molecule has 0 aliphatic rings. The predicted molar refractivity (Wildman–Crippen MR) is 52.9 cm³/mol. The quantitative estimate of drug-likeness (QED) is 0.736. The number of anilines is 1. The van der Waals surface area contributed by atoms with E-state index in [-0.39, 0.29) is 5.69 Å². The molecule has 3 nitrogen and oxygen atoms in total. The summed E-state index contributed by atoms with van der Waals surface area (Å²) in [7, 11) is 0. The van der Waals surface area contributed by atoms with Gasteiger partial charge in [0.05, 0.1) is 22.6 Å². The molecule has 14 heavy (non-hydrogen) atoms. The number of nitrogens with two attached hydrogens (primary N) is 1. The van der Waals surface area contributed by atoms with Crippen molar-refractivity contribution in [1.29, 1.82) is 0 Å². The summed E-state index contributed by atoms with van der Waals surface area (Å²) in [5.74, 6) is -0.464. The molecular formula is C9H7ClFN3. The van der Waals surface area contributed by atoms with Gasteiger partial charge >= 0.3 is 0 Å². The predicted octanol–water partition coefficient (Wildman–Crippen LogP) is 2.25. The van der Waals surface area contributed by atoms with Crippen LogP contribution in [0.4, 0.5) is 10.1 Å². The van der Waals surface area contributed by atoms with Crippen molar-refractivity contribution in [2.24, 2.45) is 0 Å². The minimum absolute atomic E-state index is 0.0623. The summed E-state index contributed by atoms with van der Waals surface area (Å²) in [6, 6.07) is 4.53. The van der Waals surface area contributed by atoms with Crippen LogP contribution in [0.3, 0.4) is 0 Å². The lowest BCUT2D eigenvalue weighted by Crippen LogP contribution is -2.01. The molecule has 0 saturated heterocycles. The van der Waals surface area contributed by atoms with Crippen LogP contribution in [0.5, 0.6) is 0 Å². The number of benzene rings is 1. The molecule has 5 heteroatoms. The highest BCUT2D eigenvalue weighted by Gasteiger charge is 2.06. The second-order valence-corrected chi connectivity index (χ2v) is 3.21. The van der Waals surface area contributed by atoms with Crippen molar-refractivity contribution >= 4 is 17.3 Å². The molecule has 0 radical (unpaired) electrons. The Morgan fingerprint density at radius 1 is 1.43 bits per heavy atom. The first kappa shape index (κ1) is 9.02. The van der Waals surface area contributed by atoms with Crippen LogP contribution in [0, 0.1) is 5.82 Å². The van der Waals surface area contributed by atoms with E-state index in [9.17, 15) is 4.39 Å². The van der Waals surface area contributed by atoms with E-state index in [0.29, 0.717) is 10.7 Å². The van der Waals surface area contributed by atoms with Crippen molar-refractivity contribution in [3.63, 3.8) is 0 Å². The van der Waals surface area contributed by atoms with Gasteiger partial charge < -0.3 is 5.73 Å². The fraction of sp³-hybridized carbons (Fsp3) is 0. The van der Waals surface area contributed by atoms with Crippen molar-refractivity contribution in [2.75, 3.05) is 5.73 Å². The van der Waals surface area contributed by atoms with Crippen molar-refractivity contribution in [2.45, 2.75) is 0 Å². The van der Waals surface area contributed by atoms with Gasteiger partial charge in [-0.2, -0.15) is 5.10 Å². The van der Waals surface area contributed by atoms with Crippen molar-refractivity contribution in [1.82, 2.24) is 9.78 Å². The molecule has 2 N–H and O–H groups in total. The van der Waals surface area contributed by atoms with Gasteiger partial charge in [0.2, 0.25) is 0 Å². The third kappa shape index (κ3) is 1.44. The lowest BCUT2D eigenvalue weighted by molar-refractivity contribution is 0.630. The Labute approximate surface area is 84.9 Å². The number of hydrogen-bond acceptors (Lipinski definition) is 2. The zero-order valence-electron chi connectivity index (χ0n) is 7.11. The summed E-state index contributed by atoms with van der Waals surface area (Å²) in [5.41, 5.74) is 6.09. The average Bonchev–Trinajstić information content (AvgIpc) is 2.57. The van der Waals surface area contributed by atoms with Gasteiger partial charge in [-0.25, -0.2) is 9.07 Å². The summed E-state index contributed by atoms with van der Waals surface area (Å²) in [4.78, 5) is 0. The van der Waals surface area contributed by atoms with Crippen molar-refractivity contribution in [3.05, 3.63) is 41.4 Å². The molecule has 2 rings (SSSR count). The van der Waals surface area contributed by atoms with Gasteiger partial charge in [0, 0.05) is 6.20 Å². The highest BCUT2D eigenvalue weighted by atomic mass is 35.5. The first-order valence-electron chi connectivity index (χ1n) is 3.93.